The Morgan fingerprint density at radius 2 is 1.79 bits per heavy atom. The molecule has 0 unspecified atom stereocenters. The van der Waals surface area contributed by atoms with Crippen LogP contribution in [0.25, 0.3) is 0 Å². The second-order valence-corrected chi connectivity index (χ2v) is 8.18. The minimum atomic E-state index is -0.326. The molecule has 33 heavy (non-hydrogen) atoms. The molecule has 0 atom stereocenters. The monoisotopic (exact) mass is 457 g/mol. The van der Waals surface area contributed by atoms with Gasteiger partial charge in [-0.05, 0) is 42.8 Å². The van der Waals surface area contributed by atoms with Gasteiger partial charge in [-0.3, -0.25) is 9.59 Å². The lowest BCUT2D eigenvalue weighted by Crippen LogP contribution is -2.24. The summed E-state index contributed by atoms with van der Waals surface area (Å²) >= 11 is 1.50. The van der Waals surface area contributed by atoms with E-state index in [1.165, 1.54) is 11.3 Å². The summed E-state index contributed by atoms with van der Waals surface area (Å²) < 4.78 is 5.73. The number of amides is 2. The van der Waals surface area contributed by atoms with Crippen LogP contribution in [0, 0.1) is 6.92 Å². The molecule has 0 saturated heterocycles. The summed E-state index contributed by atoms with van der Waals surface area (Å²) in [6.45, 7) is 2.75. The molecule has 2 N–H and O–H groups in total. The topological polar surface area (TPSA) is 80.3 Å². The largest absolute Gasteiger partial charge is 0.487 e. The van der Waals surface area contributed by atoms with Gasteiger partial charge >= 0.3 is 0 Å². The Hall–Kier alpha value is -3.97. The molecule has 7 heteroatoms. The highest BCUT2D eigenvalue weighted by Crippen LogP contribution is 2.19. The minimum absolute atomic E-state index is 0.258. The summed E-state index contributed by atoms with van der Waals surface area (Å²) in [6.07, 6.45) is 0. The Morgan fingerprint density at radius 1 is 0.970 bits per heavy atom. The third-order valence-corrected chi connectivity index (χ3v) is 5.60. The smallest absolute Gasteiger partial charge is 0.255 e. The van der Waals surface area contributed by atoms with Crippen molar-refractivity contribution in [1.29, 1.82) is 0 Å². The lowest BCUT2D eigenvalue weighted by Gasteiger charge is -2.12. The molecule has 1 aromatic heterocycles. The van der Waals surface area contributed by atoms with Gasteiger partial charge in [0.1, 0.15) is 12.4 Å². The molecule has 0 aliphatic rings. The normalized spacial score (nSPS) is 10.5. The molecule has 3 aromatic carbocycles. The van der Waals surface area contributed by atoms with E-state index in [2.05, 4.69) is 15.6 Å². The van der Waals surface area contributed by atoms with Crippen molar-refractivity contribution >= 4 is 28.8 Å². The van der Waals surface area contributed by atoms with Gasteiger partial charge in [-0.2, -0.15) is 0 Å². The van der Waals surface area contributed by atoms with Crippen molar-refractivity contribution in [3.63, 3.8) is 0 Å². The van der Waals surface area contributed by atoms with Gasteiger partial charge in [0.05, 0.1) is 22.5 Å². The lowest BCUT2D eigenvalue weighted by molar-refractivity contribution is 0.0952. The van der Waals surface area contributed by atoms with Gasteiger partial charge in [0, 0.05) is 17.5 Å². The maximum absolute atomic E-state index is 12.9. The summed E-state index contributed by atoms with van der Waals surface area (Å²) in [5, 5.41) is 7.67. The highest BCUT2D eigenvalue weighted by Gasteiger charge is 2.14. The fourth-order valence-corrected chi connectivity index (χ4v) is 3.70. The molecular formula is C26H23N3O3S. The molecule has 2 amide bonds. The van der Waals surface area contributed by atoms with Crippen LogP contribution >= 0.6 is 11.3 Å². The van der Waals surface area contributed by atoms with Gasteiger partial charge in [-0.15, -0.1) is 11.3 Å². The van der Waals surface area contributed by atoms with E-state index in [0.29, 0.717) is 35.7 Å². The number of thiazole rings is 1. The lowest BCUT2D eigenvalue weighted by atomic mass is 10.1. The number of hydrogen-bond donors (Lipinski definition) is 2. The van der Waals surface area contributed by atoms with E-state index in [0.717, 1.165) is 16.8 Å². The molecule has 0 fully saturated rings. The predicted molar refractivity (Wildman–Crippen MR) is 130 cm³/mol. The average Bonchev–Trinajstić information content (AvgIpc) is 3.36. The number of nitrogens with zero attached hydrogens (tertiary/aromatic N) is 1. The van der Waals surface area contributed by atoms with Crippen LogP contribution < -0.4 is 15.4 Å². The second kappa shape index (κ2) is 10.6. The molecule has 0 spiro atoms. The van der Waals surface area contributed by atoms with Gasteiger partial charge in [0.25, 0.3) is 11.8 Å². The van der Waals surface area contributed by atoms with Gasteiger partial charge in [0.15, 0.2) is 0 Å². The molecule has 0 aliphatic carbocycles. The third kappa shape index (κ3) is 6.05. The summed E-state index contributed by atoms with van der Waals surface area (Å²) in [5.41, 5.74) is 6.02. The fourth-order valence-electron chi connectivity index (χ4n) is 3.16. The first kappa shape index (κ1) is 22.2. The van der Waals surface area contributed by atoms with Crippen molar-refractivity contribution in [2.24, 2.45) is 0 Å². The van der Waals surface area contributed by atoms with E-state index in [1.807, 2.05) is 36.6 Å². The van der Waals surface area contributed by atoms with Crippen LogP contribution in [0.3, 0.4) is 0 Å². The molecule has 0 bridgehead atoms. The molecule has 6 nitrogen and oxygen atoms in total. The molecule has 0 aliphatic heterocycles. The SMILES string of the molecule is Cc1ccc(CNC(=O)c2ccccc2NC(=O)c2cccc(OCc3cscn3)c2)cc1. The van der Waals surface area contributed by atoms with E-state index < -0.39 is 0 Å². The van der Waals surface area contributed by atoms with Crippen LogP contribution in [0.15, 0.2) is 83.7 Å². The number of hydrogen-bond acceptors (Lipinski definition) is 5. The van der Waals surface area contributed by atoms with Crippen molar-refractivity contribution in [2.75, 3.05) is 5.32 Å². The maximum atomic E-state index is 12.9. The molecule has 166 valence electrons. The Bertz CT molecular complexity index is 1240. The summed E-state index contributed by atoms with van der Waals surface area (Å²) in [7, 11) is 0. The van der Waals surface area contributed by atoms with Crippen molar-refractivity contribution in [3.8, 4) is 5.75 Å². The number of carbonyl (C=O) groups is 2. The quantitative estimate of drug-likeness (QED) is 0.381. The predicted octanol–water partition coefficient (Wildman–Crippen LogP) is 5.21. The Labute approximate surface area is 196 Å². The molecule has 0 radical (unpaired) electrons. The fraction of sp³-hybridized carbons (Fsp3) is 0.115. The number of carbonyl (C=O) groups excluding carboxylic acids is 2. The zero-order valence-electron chi connectivity index (χ0n) is 18.1. The second-order valence-electron chi connectivity index (χ2n) is 7.46. The average molecular weight is 458 g/mol. The number of nitrogens with one attached hydrogen (secondary N) is 2. The number of benzene rings is 3. The van der Waals surface area contributed by atoms with E-state index in [9.17, 15) is 9.59 Å². The molecule has 0 saturated carbocycles. The summed E-state index contributed by atoms with van der Waals surface area (Å²) in [6, 6.07) is 21.8. The Balaban J connectivity index is 1.41. The number of para-hydroxylation sites is 1. The van der Waals surface area contributed by atoms with E-state index in [4.69, 9.17) is 4.74 Å². The molecular weight excluding hydrogens is 434 g/mol. The van der Waals surface area contributed by atoms with Crippen LogP contribution in [0.5, 0.6) is 5.75 Å². The first-order valence-corrected chi connectivity index (χ1v) is 11.4. The summed E-state index contributed by atoms with van der Waals surface area (Å²) in [4.78, 5) is 29.8. The third-order valence-electron chi connectivity index (χ3n) is 4.96. The number of aromatic nitrogens is 1. The molecule has 4 aromatic rings. The number of aryl methyl sites for hydroxylation is 1. The van der Waals surface area contributed by atoms with Crippen LogP contribution in [0.1, 0.15) is 37.5 Å². The Morgan fingerprint density at radius 3 is 2.58 bits per heavy atom. The van der Waals surface area contributed by atoms with E-state index in [-0.39, 0.29) is 11.8 Å². The number of anilines is 1. The molecule has 1 heterocycles. The Kier molecular flexibility index (Phi) is 7.12. The highest BCUT2D eigenvalue weighted by atomic mass is 32.1. The first-order valence-electron chi connectivity index (χ1n) is 10.4. The zero-order chi connectivity index (χ0) is 23.0. The maximum Gasteiger partial charge on any atom is 0.255 e. The van der Waals surface area contributed by atoms with Crippen molar-refractivity contribution in [2.45, 2.75) is 20.1 Å². The van der Waals surface area contributed by atoms with Gasteiger partial charge in [-0.25, -0.2) is 4.98 Å². The standard InChI is InChI=1S/C26H23N3O3S/c1-18-9-11-19(12-10-18)14-27-26(31)23-7-2-3-8-24(23)29-25(30)20-5-4-6-22(13-20)32-15-21-16-33-17-28-21/h2-13,16-17H,14-15H2,1H3,(H,27,31)(H,29,30). The summed E-state index contributed by atoms with van der Waals surface area (Å²) in [5.74, 6) is -0.0144. The van der Waals surface area contributed by atoms with Gasteiger partial charge < -0.3 is 15.4 Å². The zero-order valence-corrected chi connectivity index (χ0v) is 18.9. The van der Waals surface area contributed by atoms with Crippen LogP contribution in [-0.4, -0.2) is 16.8 Å². The van der Waals surface area contributed by atoms with Crippen LogP contribution in [-0.2, 0) is 13.2 Å². The van der Waals surface area contributed by atoms with Crippen molar-refractivity contribution in [1.82, 2.24) is 10.3 Å². The highest BCUT2D eigenvalue weighted by molar-refractivity contribution is 7.07. The number of ether oxygens (including phenoxy) is 1. The van der Waals surface area contributed by atoms with Crippen LogP contribution in [0.2, 0.25) is 0 Å². The van der Waals surface area contributed by atoms with Gasteiger partial charge in [0.2, 0.25) is 0 Å². The number of rotatable bonds is 8. The van der Waals surface area contributed by atoms with Crippen molar-refractivity contribution < 1.29 is 14.3 Å². The van der Waals surface area contributed by atoms with E-state index >= 15 is 0 Å². The van der Waals surface area contributed by atoms with E-state index in [1.54, 1.807) is 54.0 Å². The first-order chi connectivity index (χ1) is 16.1. The minimum Gasteiger partial charge on any atom is -0.487 e. The molecule has 4 rings (SSSR count). The van der Waals surface area contributed by atoms with Crippen LogP contribution in [0.4, 0.5) is 5.69 Å². The van der Waals surface area contributed by atoms with Crippen molar-refractivity contribution in [3.05, 3.63) is 112 Å². The van der Waals surface area contributed by atoms with Gasteiger partial charge in [-0.1, -0.05) is 48.0 Å².